The van der Waals surface area contributed by atoms with Crippen molar-refractivity contribution in [2.45, 2.75) is 52.4 Å². The van der Waals surface area contributed by atoms with Crippen molar-refractivity contribution in [2.24, 2.45) is 0 Å². The summed E-state index contributed by atoms with van der Waals surface area (Å²) < 4.78 is 10.8. The summed E-state index contributed by atoms with van der Waals surface area (Å²) in [6, 6.07) is 20.7. The number of aromatic amines is 2. The highest BCUT2D eigenvalue weighted by molar-refractivity contribution is 5.90. The SMILES string of the molecule is CNC(=O)OC(C)c1ncc(-c2ccc(-c3ccc4cc(-c5cnc(C(C)N(C)C(=O)OC(C)(C)C)[nH]5)ccc4c3)cc2)[nH]1. The van der Waals surface area contributed by atoms with Crippen LogP contribution in [0.15, 0.2) is 73.1 Å². The minimum absolute atomic E-state index is 0.282. The van der Waals surface area contributed by atoms with Gasteiger partial charge in [0.15, 0.2) is 6.10 Å². The summed E-state index contributed by atoms with van der Waals surface area (Å²) >= 11 is 0. The van der Waals surface area contributed by atoms with Crippen molar-refractivity contribution in [2.75, 3.05) is 14.1 Å². The second-order valence-electron chi connectivity index (χ2n) is 11.8. The van der Waals surface area contributed by atoms with E-state index in [9.17, 15) is 9.59 Å². The Balaban J connectivity index is 1.29. The van der Waals surface area contributed by atoms with Crippen LogP contribution in [0.1, 0.15) is 58.4 Å². The first-order valence-electron chi connectivity index (χ1n) is 14.5. The number of H-pyrrole nitrogens is 2. The van der Waals surface area contributed by atoms with E-state index in [0.717, 1.165) is 44.4 Å². The van der Waals surface area contributed by atoms with Gasteiger partial charge in [0.2, 0.25) is 0 Å². The molecule has 5 rings (SSSR count). The fraction of sp³-hybridized carbons (Fsp3) is 0.294. The number of hydrogen-bond donors (Lipinski definition) is 3. The first-order chi connectivity index (χ1) is 20.9. The van der Waals surface area contributed by atoms with E-state index in [1.807, 2.05) is 39.8 Å². The van der Waals surface area contributed by atoms with Gasteiger partial charge in [-0.25, -0.2) is 19.6 Å². The second-order valence-corrected chi connectivity index (χ2v) is 11.8. The predicted octanol–water partition coefficient (Wildman–Crippen LogP) is 7.63. The van der Waals surface area contributed by atoms with Crippen LogP contribution in [0.3, 0.4) is 0 Å². The molecular weight excluding hydrogens is 556 g/mol. The normalized spacial score (nSPS) is 12.9. The molecule has 0 saturated carbocycles. The van der Waals surface area contributed by atoms with Gasteiger partial charge in [0, 0.05) is 19.7 Å². The third-order valence-corrected chi connectivity index (χ3v) is 7.40. The summed E-state index contributed by atoms with van der Waals surface area (Å²) in [5.74, 6) is 1.26. The van der Waals surface area contributed by atoms with Crippen molar-refractivity contribution < 1.29 is 19.1 Å². The number of carbonyl (C=O) groups is 2. The number of ether oxygens (including phenoxy) is 2. The zero-order valence-corrected chi connectivity index (χ0v) is 26.1. The molecule has 0 fully saturated rings. The number of nitrogens with zero attached hydrogens (tertiary/aromatic N) is 3. The molecule has 0 aliphatic heterocycles. The van der Waals surface area contributed by atoms with E-state index in [0.29, 0.717) is 11.6 Å². The monoisotopic (exact) mass is 594 g/mol. The lowest BCUT2D eigenvalue weighted by Gasteiger charge is -2.27. The summed E-state index contributed by atoms with van der Waals surface area (Å²) in [7, 11) is 3.23. The zero-order valence-electron chi connectivity index (χ0n) is 26.1. The predicted molar refractivity (Wildman–Crippen MR) is 171 cm³/mol. The number of fused-ring (bicyclic) bond motifs is 1. The fourth-order valence-electron chi connectivity index (χ4n) is 4.77. The molecule has 0 spiro atoms. The Morgan fingerprint density at radius 3 is 1.95 bits per heavy atom. The average Bonchev–Trinajstić information content (AvgIpc) is 3.70. The average molecular weight is 595 g/mol. The Bertz CT molecular complexity index is 1780. The molecule has 0 saturated heterocycles. The summed E-state index contributed by atoms with van der Waals surface area (Å²) in [5.41, 5.74) is 5.35. The number of benzene rings is 3. The Kier molecular flexibility index (Phi) is 8.44. The molecule has 0 aliphatic carbocycles. The van der Waals surface area contributed by atoms with Gasteiger partial charge >= 0.3 is 12.2 Å². The molecule has 0 radical (unpaired) electrons. The first kappa shape index (κ1) is 30.3. The molecule has 10 heteroatoms. The van der Waals surface area contributed by atoms with Gasteiger partial charge < -0.3 is 29.7 Å². The molecule has 0 bridgehead atoms. The van der Waals surface area contributed by atoms with Crippen LogP contribution in [0.2, 0.25) is 0 Å². The highest BCUT2D eigenvalue weighted by Crippen LogP contribution is 2.30. The van der Waals surface area contributed by atoms with E-state index in [2.05, 4.69) is 73.8 Å². The minimum Gasteiger partial charge on any atom is -0.444 e. The van der Waals surface area contributed by atoms with Gasteiger partial charge in [0.1, 0.15) is 17.2 Å². The van der Waals surface area contributed by atoms with Crippen molar-refractivity contribution in [3.05, 3.63) is 84.7 Å². The lowest BCUT2D eigenvalue weighted by atomic mass is 9.98. The van der Waals surface area contributed by atoms with Gasteiger partial charge in [-0.15, -0.1) is 0 Å². The molecule has 5 aromatic rings. The van der Waals surface area contributed by atoms with Crippen molar-refractivity contribution >= 4 is 23.0 Å². The minimum atomic E-state index is -0.566. The molecule has 3 N–H and O–H groups in total. The topological polar surface area (TPSA) is 125 Å². The van der Waals surface area contributed by atoms with Crippen LogP contribution < -0.4 is 5.32 Å². The summed E-state index contributed by atoms with van der Waals surface area (Å²) in [6.07, 6.45) is 2.14. The van der Waals surface area contributed by atoms with Crippen LogP contribution in [0.25, 0.3) is 44.4 Å². The third-order valence-electron chi connectivity index (χ3n) is 7.40. The van der Waals surface area contributed by atoms with Crippen molar-refractivity contribution in [1.29, 1.82) is 0 Å². The molecule has 228 valence electrons. The molecular formula is C34H38N6O4. The zero-order chi connectivity index (χ0) is 31.6. The van der Waals surface area contributed by atoms with Crippen LogP contribution in [-0.4, -0.2) is 56.7 Å². The number of carbonyl (C=O) groups excluding carboxylic acids is 2. The molecule has 44 heavy (non-hydrogen) atoms. The van der Waals surface area contributed by atoms with Crippen LogP contribution in [-0.2, 0) is 9.47 Å². The maximum absolute atomic E-state index is 12.5. The third kappa shape index (κ3) is 6.75. The van der Waals surface area contributed by atoms with E-state index in [1.54, 1.807) is 31.3 Å². The van der Waals surface area contributed by atoms with Gasteiger partial charge in [-0.3, -0.25) is 0 Å². The summed E-state index contributed by atoms with van der Waals surface area (Å²) in [6.45, 7) is 9.23. The van der Waals surface area contributed by atoms with Gasteiger partial charge in [-0.05, 0) is 74.2 Å². The number of nitrogens with one attached hydrogen (secondary N) is 3. The molecule has 2 amide bonds. The Morgan fingerprint density at radius 1 is 0.795 bits per heavy atom. The smallest absolute Gasteiger partial charge is 0.410 e. The molecule has 2 unspecified atom stereocenters. The summed E-state index contributed by atoms with van der Waals surface area (Å²) in [5, 5.41) is 4.67. The van der Waals surface area contributed by atoms with Crippen molar-refractivity contribution in [3.8, 4) is 33.6 Å². The van der Waals surface area contributed by atoms with Crippen molar-refractivity contribution in [3.63, 3.8) is 0 Å². The van der Waals surface area contributed by atoms with E-state index in [1.165, 1.54) is 7.05 Å². The highest BCUT2D eigenvalue weighted by atomic mass is 16.6. The number of imidazole rings is 2. The van der Waals surface area contributed by atoms with Gasteiger partial charge in [-0.1, -0.05) is 48.5 Å². The molecule has 2 heterocycles. The fourth-order valence-corrected chi connectivity index (χ4v) is 4.77. The quantitative estimate of drug-likeness (QED) is 0.178. The first-order valence-corrected chi connectivity index (χ1v) is 14.5. The Labute approximate surface area is 256 Å². The number of aromatic nitrogens is 4. The van der Waals surface area contributed by atoms with E-state index in [-0.39, 0.29) is 6.04 Å². The van der Waals surface area contributed by atoms with Gasteiger partial charge in [0.25, 0.3) is 0 Å². The molecule has 10 nitrogen and oxygen atoms in total. The number of hydrogen-bond acceptors (Lipinski definition) is 6. The summed E-state index contributed by atoms with van der Waals surface area (Å²) in [4.78, 5) is 41.1. The van der Waals surface area contributed by atoms with E-state index in [4.69, 9.17) is 9.47 Å². The number of alkyl carbamates (subject to hydrolysis) is 1. The Morgan fingerprint density at radius 2 is 1.32 bits per heavy atom. The lowest BCUT2D eigenvalue weighted by molar-refractivity contribution is 0.0227. The van der Waals surface area contributed by atoms with Crippen molar-refractivity contribution in [1.82, 2.24) is 30.2 Å². The maximum atomic E-state index is 12.5. The van der Waals surface area contributed by atoms with Crippen LogP contribution in [0.5, 0.6) is 0 Å². The van der Waals surface area contributed by atoms with Crippen LogP contribution >= 0.6 is 0 Å². The van der Waals surface area contributed by atoms with Gasteiger partial charge in [-0.2, -0.15) is 0 Å². The molecule has 2 aromatic heterocycles. The molecule has 0 aliphatic rings. The largest absolute Gasteiger partial charge is 0.444 e. The number of rotatable bonds is 7. The second kappa shape index (κ2) is 12.2. The van der Waals surface area contributed by atoms with Gasteiger partial charge in [0.05, 0.1) is 29.8 Å². The molecule has 2 atom stereocenters. The Hall–Kier alpha value is -5.12. The number of amides is 2. The maximum Gasteiger partial charge on any atom is 0.410 e. The van der Waals surface area contributed by atoms with Crippen LogP contribution in [0, 0.1) is 0 Å². The standard InChI is InChI=1S/C34H38N6O4/c1-20(40(7)33(42)44-34(3,4)5)30-36-19-29(38-30)27-15-14-25-16-24(12-13-26(25)17-27)22-8-10-23(11-9-22)28-18-37-31(39-28)21(2)43-32(41)35-6/h8-21H,1-7H3,(H,35,41)(H,36,38)(H,37,39). The van der Waals surface area contributed by atoms with Crippen LogP contribution in [0.4, 0.5) is 9.59 Å². The van der Waals surface area contributed by atoms with E-state index < -0.39 is 23.9 Å². The lowest BCUT2D eigenvalue weighted by Crippen LogP contribution is -2.36. The highest BCUT2D eigenvalue weighted by Gasteiger charge is 2.25. The van der Waals surface area contributed by atoms with E-state index >= 15 is 0 Å². The molecule has 3 aromatic carbocycles.